The Morgan fingerprint density at radius 1 is 1.32 bits per heavy atom. The van der Waals surface area contributed by atoms with Gasteiger partial charge in [-0.15, -0.1) is 0 Å². The van der Waals surface area contributed by atoms with Gasteiger partial charge in [0.15, 0.2) is 10.4 Å². The standard InChI is InChI=1S/C13H17NO7S/c1-19-9-4-3-5-10(20-2)11(9)22(17,18)14-13(12(15)16)6-7-21-8-13/h3-5,14H,6-8H2,1-2H3,(H,15,16). The Morgan fingerprint density at radius 3 is 2.32 bits per heavy atom. The molecule has 1 saturated heterocycles. The molecule has 1 aliphatic heterocycles. The Kier molecular flexibility index (Phi) is 4.59. The smallest absolute Gasteiger partial charge is 0.327 e. The first-order valence-electron chi connectivity index (χ1n) is 6.42. The largest absolute Gasteiger partial charge is 0.495 e. The van der Waals surface area contributed by atoms with Gasteiger partial charge in [0.05, 0.1) is 20.8 Å². The summed E-state index contributed by atoms with van der Waals surface area (Å²) in [6, 6.07) is 4.48. The Morgan fingerprint density at radius 2 is 1.91 bits per heavy atom. The van der Waals surface area contributed by atoms with Crippen LogP contribution in [0.15, 0.2) is 23.1 Å². The van der Waals surface area contributed by atoms with E-state index in [1.807, 2.05) is 0 Å². The third kappa shape index (κ3) is 2.87. The lowest BCUT2D eigenvalue weighted by Gasteiger charge is -2.24. The summed E-state index contributed by atoms with van der Waals surface area (Å²) in [7, 11) is -1.56. The third-order valence-corrected chi connectivity index (χ3v) is 5.01. The molecular weight excluding hydrogens is 314 g/mol. The first-order valence-corrected chi connectivity index (χ1v) is 7.91. The summed E-state index contributed by atoms with van der Waals surface area (Å²) in [6.45, 7) is -0.0725. The van der Waals surface area contributed by atoms with E-state index in [2.05, 4.69) is 4.72 Å². The topological polar surface area (TPSA) is 111 Å². The van der Waals surface area contributed by atoms with E-state index in [-0.39, 0.29) is 36.0 Å². The van der Waals surface area contributed by atoms with E-state index < -0.39 is 21.5 Å². The number of hydrogen-bond acceptors (Lipinski definition) is 6. The summed E-state index contributed by atoms with van der Waals surface area (Å²) >= 11 is 0. The van der Waals surface area contributed by atoms with Gasteiger partial charge in [0.2, 0.25) is 10.0 Å². The predicted molar refractivity (Wildman–Crippen MR) is 75.7 cm³/mol. The molecule has 0 spiro atoms. The summed E-state index contributed by atoms with van der Waals surface area (Å²) in [5, 5.41) is 9.36. The maximum atomic E-state index is 12.7. The number of methoxy groups -OCH3 is 2. The molecule has 2 rings (SSSR count). The molecule has 2 N–H and O–H groups in total. The van der Waals surface area contributed by atoms with Crippen molar-refractivity contribution >= 4 is 16.0 Å². The minimum absolute atomic E-state index is 0.0407. The lowest BCUT2D eigenvalue weighted by Crippen LogP contribution is -2.55. The Bertz CT molecular complexity index is 643. The van der Waals surface area contributed by atoms with Gasteiger partial charge < -0.3 is 19.3 Å². The SMILES string of the molecule is COc1cccc(OC)c1S(=O)(=O)NC1(C(=O)O)CCOC1. The maximum Gasteiger partial charge on any atom is 0.327 e. The van der Waals surface area contributed by atoms with Crippen molar-refractivity contribution in [3.8, 4) is 11.5 Å². The van der Waals surface area contributed by atoms with Gasteiger partial charge in [-0.3, -0.25) is 4.79 Å². The normalized spacial score (nSPS) is 21.5. The molecule has 22 heavy (non-hydrogen) atoms. The monoisotopic (exact) mass is 331 g/mol. The summed E-state index contributed by atoms with van der Waals surface area (Å²) in [6.07, 6.45) is 0.0407. The lowest BCUT2D eigenvalue weighted by atomic mass is 10.0. The molecule has 1 aliphatic rings. The number of ether oxygens (including phenoxy) is 3. The van der Waals surface area contributed by atoms with Crippen LogP contribution in [0.4, 0.5) is 0 Å². The third-order valence-electron chi connectivity index (χ3n) is 3.41. The van der Waals surface area contributed by atoms with E-state index in [1.54, 1.807) is 6.07 Å². The van der Waals surface area contributed by atoms with Crippen LogP contribution >= 0.6 is 0 Å². The maximum absolute atomic E-state index is 12.7. The Hall–Kier alpha value is -1.84. The van der Waals surface area contributed by atoms with Crippen LogP contribution in [0.5, 0.6) is 11.5 Å². The number of carboxylic acids is 1. The van der Waals surface area contributed by atoms with E-state index in [4.69, 9.17) is 14.2 Å². The first kappa shape index (κ1) is 16.5. The van der Waals surface area contributed by atoms with Crippen molar-refractivity contribution < 1.29 is 32.5 Å². The van der Waals surface area contributed by atoms with Crippen molar-refractivity contribution in [1.29, 1.82) is 0 Å². The molecule has 0 aromatic heterocycles. The van der Waals surface area contributed by atoms with Crippen molar-refractivity contribution in [2.45, 2.75) is 16.9 Å². The van der Waals surface area contributed by atoms with Crippen molar-refractivity contribution in [2.75, 3.05) is 27.4 Å². The number of carbonyl (C=O) groups is 1. The second kappa shape index (κ2) is 6.11. The molecular formula is C13H17NO7S. The number of sulfonamides is 1. The fraction of sp³-hybridized carbons (Fsp3) is 0.462. The second-order valence-electron chi connectivity index (χ2n) is 4.79. The summed E-state index contributed by atoms with van der Waals surface area (Å²) in [5.41, 5.74) is -1.69. The average molecular weight is 331 g/mol. The van der Waals surface area contributed by atoms with Gasteiger partial charge in [-0.05, 0) is 12.1 Å². The highest BCUT2D eigenvalue weighted by Crippen LogP contribution is 2.34. The number of carboxylic acid groups (broad SMARTS) is 1. The minimum atomic E-state index is -4.19. The van der Waals surface area contributed by atoms with Gasteiger partial charge in [0.1, 0.15) is 11.5 Å². The molecule has 1 aromatic carbocycles. The molecule has 122 valence electrons. The van der Waals surface area contributed by atoms with E-state index in [0.29, 0.717) is 0 Å². The van der Waals surface area contributed by atoms with Crippen LogP contribution in [0, 0.1) is 0 Å². The first-order chi connectivity index (χ1) is 10.4. The van der Waals surface area contributed by atoms with Gasteiger partial charge in [0.25, 0.3) is 0 Å². The van der Waals surface area contributed by atoms with Crippen LogP contribution < -0.4 is 14.2 Å². The van der Waals surface area contributed by atoms with Gasteiger partial charge >= 0.3 is 5.97 Å². The molecule has 1 fully saturated rings. The predicted octanol–water partition coefficient (Wildman–Crippen LogP) is 0.226. The number of rotatable bonds is 6. The molecule has 9 heteroatoms. The van der Waals surface area contributed by atoms with Crippen LogP contribution in [-0.4, -0.2) is 52.5 Å². The number of aliphatic carboxylic acids is 1. The molecule has 0 amide bonds. The zero-order valence-electron chi connectivity index (χ0n) is 12.2. The van der Waals surface area contributed by atoms with Crippen LogP contribution in [0.2, 0.25) is 0 Å². The van der Waals surface area contributed by atoms with Crippen LogP contribution in [-0.2, 0) is 19.6 Å². The summed E-state index contributed by atoms with van der Waals surface area (Å²) in [4.78, 5) is 11.2. The van der Waals surface area contributed by atoms with Crippen molar-refractivity contribution in [3.63, 3.8) is 0 Å². The summed E-state index contributed by atoms with van der Waals surface area (Å²) < 4.78 is 42.7. The van der Waals surface area contributed by atoms with E-state index in [1.165, 1.54) is 26.4 Å². The minimum Gasteiger partial charge on any atom is -0.495 e. The average Bonchev–Trinajstić information content (AvgIpc) is 2.95. The van der Waals surface area contributed by atoms with Crippen LogP contribution in [0.3, 0.4) is 0 Å². The molecule has 1 heterocycles. The molecule has 1 atom stereocenters. The molecule has 0 aliphatic carbocycles. The molecule has 1 aromatic rings. The highest BCUT2D eigenvalue weighted by Gasteiger charge is 2.47. The van der Waals surface area contributed by atoms with Gasteiger partial charge in [0, 0.05) is 13.0 Å². The molecule has 0 saturated carbocycles. The highest BCUT2D eigenvalue weighted by molar-refractivity contribution is 7.89. The quantitative estimate of drug-likeness (QED) is 0.767. The van der Waals surface area contributed by atoms with Gasteiger partial charge in [-0.2, -0.15) is 4.72 Å². The van der Waals surface area contributed by atoms with Crippen molar-refractivity contribution in [3.05, 3.63) is 18.2 Å². The molecule has 0 radical (unpaired) electrons. The zero-order valence-corrected chi connectivity index (χ0v) is 13.0. The van der Waals surface area contributed by atoms with Gasteiger partial charge in [-0.25, -0.2) is 8.42 Å². The van der Waals surface area contributed by atoms with Crippen LogP contribution in [0.1, 0.15) is 6.42 Å². The fourth-order valence-electron chi connectivity index (χ4n) is 2.25. The molecule has 0 bridgehead atoms. The van der Waals surface area contributed by atoms with E-state index in [0.717, 1.165) is 0 Å². The molecule has 1 unspecified atom stereocenters. The zero-order chi connectivity index (χ0) is 16.4. The number of nitrogens with one attached hydrogen (secondary N) is 1. The van der Waals surface area contributed by atoms with Crippen LogP contribution in [0.25, 0.3) is 0 Å². The highest BCUT2D eigenvalue weighted by atomic mass is 32.2. The Labute approximate surface area is 128 Å². The van der Waals surface area contributed by atoms with E-state index in [9.17, 15) is 18.3 Å². The second-order valence-corrected chi connectivity index (χ2v) is 6.41. The van der Waals surface area contributed by atoms with E-state index >= 15 is 0 Å². The Balaban J connectivity index is 2.49. The number of hydrogen-bond donors (Lipinski definition) is 2. The lowest BCUT2D eigenvalue weighted by molar-refractivity contribution is -0.144. The van der Waals surface area contributed by atoms with Crippen molar-refractivity contribution in [1.82, 2.24) is 4.72 Å². The number of benzene rings is 1. The summed E-state index contributed by atoms with van der Waals surface area (Å²) in [5.74, 6) is -1.17. The molecule has 8 nitrogen and oxygen atoms in total. The van der Waals surface area contributed by atoms with Gasteiger partial charge in [-0.1, -0.05) is 6.07 Å². The van der Waals surface area contributed by atoms with Crippen molar-refractivity contribution in [2.24, 2.45) is 0 Å². The fourth-order valence-corrected chi connectivity index (χ4v) is 3.95.